The fraction of sp³-hybridized carbons (Fsp3) is 0.143. The van der Waals surface area contributed by atoms with Crippen molar-refractivity contribution in [3.63, 3.8) is 0 Å². The van der Waals surface area contributed by atoms with E-state index in [-0.39, 0.29) is 0 Å². The smallest absolute Gasteiger partial charge is 0.134 e. The Morgan fingerprint density at radius 1 is 1.33 bits per heavy atom. The van der Waals surface area contributed by atoms with Crippen LogP contribution in [0.2, 0.25) is 0 Å². The van der Waals surface area contributed by atoms with Crippen LogP contribution in [0.3, 0.4) is 0 Å². The van der Waals surface area contributed by atoms with Crippen LogP contribution in [0.1, 0.15) is 5.56 Å². The van der Waals surface area contributed by atoms with Crippen LogP contribution in [-0.2, 0) is 0 Å². The molecular formula is C7H5F2. The van der Waals surface area contributed by atoms with E-state index < -0.39 is 11.6 Å². The summed E-state index contributed by atoms with van der Waals surface area (Å²) >= 11 is 0. The van der Waals surface area contributed by atoms with Crippen LogP contribution in [0.4, 0.5) is 8.78 Å². The molecule has 0 N–H and O–H groups in total. The maximum atomic E-state index is 12.2. The van der Waals surface area contributed by atoms with Crippen LogP contribution >= 0.6 is 0 Å². The first-order valence-electron chi connectivity index (χ1n) is 2.53. The Kier molecular flexibility index (Phi) is 1.47. The predicted molar refractivity (Wildman–Crippen MR) is 29.9 cm³/mol. The van der Waals surface area contributed by atoms with Gasteiger partial charge in [0.2, 0.25) is 0 Å². The molecule has 0 atom stereocenters. The predicted octanol–water partition coefficient (Wildman–Crippen LogP) is 2.07. The van der Waals surface area contributed by atoms with E-state index in [1.54, 1.807) is 6.92 Å². The minimum Gasteiger partial charge on any atom is -0.207 e. The van der Waals surface area contributed by atoms with Crippen LogP contribution in [0, 0.1) is 24.6 Å². The largest absolute Gasteiger partial charge is 0.207 e. The summed E-state index contributed by atoms with van der Waals surface area (Å²) in [5.41, 5.74) is 0.479. The average Bonchev–Trinajstić information content (AvgIpc) is 1.59. The highest BCUT2D eigenvalue weighted by Crippen LogP contribution is 2.04. The van der Waals surface area contributed by atoms with Gasteiger partial charge in [0.15, 0.2) is 0 Å². The molecule has 1 rings (SSSR count). The van der Waals surface area contributed by atoms with Crippen molar-refractivity contribution < 1.29 is 8.78 Å². The van der Waals surface area contributed by atoms with Crippen molar-refractivity contribution in [1.29, 1.82) is 0 Å². The third kappa shape index (κ3) is 1.49. The fourth-order valence-electron chi connectivity index (χ4n) is 0.630. The third-order valence-electron chi connectivity index (χ3n) is 0.936. The second-order valence-electron chi connectivity index (χ2n) is 1.83. The normalized spacial score (nSPS) is 9.67. The molecule has 1 aromatic rings. The zero-order chi connectivity index (χ0) is 6.85. The molecule has 0 aromatic heterocycles. The summed E-state index contributed by atoms with van der Waals surface area (Å²) < 4.78 is 24.3. The highest BCUT2D eigenvalue weighted by atomic mass is 19.1. The van der Waals surface area contributed by atoms with Gasteiger partial charge in [-0.3, -0.25) is 0 Å². The molecule has 0 spiro atoms. The quantitative estimate of drug-likeness (QED) is 0.500. The molecule has 0 aliphatic heterocycles. The molecule has 0 saturated heterocycles. The van der Waals surface area contributed by atoms with Gasteiger partial charge in [-0.1, -0.05) is 0 Å². The van der Waals surface area contributed by atoms with Gasteiger partial charge >= 0.3 is 0 Å². The summed E-state index contributed by atoms with van der Waals surface area (Å²) in [6.07, 6.45) is 0. The van der Waals surface area contributed by atoms with Gasteiger partial charge in [0.05, 0.1) is 0 Å². The van der Waals surface area contributed by atoms with E-state index in [9.17, 15) is 8.78 Å². The van der Waals surface area contributed by atoms with Crippen molar-refractivity contribution >= 4 is 0 Å². The molecular weight excluding hydrogens is 122 g/mol. The van der Waals surface area contributed by atoms with E-state index in [1.165, 1.54) is 6.07 Å². The average molecular weight is 127 g/mol. The standard InChI is InChI=1S/C7H5F2/c1-5-2-6(8)4-7(9)3-5/h2,4H,1H3. The van der Waals surface area contributed by atoms with Crippen LogP contribution in [0.5, 0.6) is 0 Å². The molecule has 0 heterocycles. The summed E-state index contributed by atoms with van der Waals surface area (Å²) in [6, 6.07) is 4.33. The van der Waals surface area contributed by atoms with Crippen molar-refractivity contribution in [3.05, 3.63) is 35.4 Å². The van der Waals surface area contributed by atoms with Gasteiger partial charge in [-0.05, 0) is 18.6 Å². The maximum absolute atomic E-state index is 12.2. The van der Waals surface area contributed by atoms with E-state index in [0.717, 1.165) is 6.07 Å². The SMILES string of the molecule is Cc1[c]c(F)cc(F)c1. The number of aryl methyl sites for hydroxylation is 1. The lowest BCUT2D eigenvalue weighted by molar-refractivity contribution is 0.580. The van der Waals surface area contributed by atoms with Gasteiger partial charge in [0, 0.05) is 12.1 Å². The van der Waals surface area contributed by atoms with Crippen molar-refractivity contribution in [3.8, 4) is 0 Å². The Bertz CT molecular complexity index is 168. The first-order valence-corrected chi connectivity index (χ1v) is 2.53. The molecule has 47 valence electrons. The Morgan fingerprint density at radius 3 is 2.44 bits per heavy atom. The molecule has 2 heteroatoms. The van der Waals surface area contributed by atoms with E-state index in [4.69, 9.17) is 0 Å². The number of benzene rings is 1. The zero-order valence-electron chi connectivity index (χ0n) is 4.91. The second kappa shape index (κ2) is 2.13. The van der Waals surface area contributed by atoms with E-state index >= 15 is 0 Å². The van der Waals surface area contributed by atoms with E-state index in [1.807, 2.05) is 0 Å². The molecule has 0 amide bonds. The van der Waals surface area contributed by atoms with Gasteiger partial charge in [-0.2, -0.15) is 0 Å². The maximum Gasteiger partial charge on any atom is 0.134 e. The molecule has 0 fully saturated rings. The summed E-state index contributed by atoms with van der Waals surface area (Å²) in [7, 11) is 0. The Balaban J connectivity index is 3.17. The molecule has 1 aromatic carbocycles. The summed E-state index contributed by atoms with van der Waals surface area (Å²) in [4.78, 5) is 0. The number of hydrogen-bond acceptors (Lipinski definition) is 0. The Hall–Kier alpha value is -0.920. The number of halogens is 2. The van der Waals surface area contributed by atoms with E-state index in [0.29, 0.717) is 5.56 Å². The fourth-order valence-corrected chi connectivity index (χ4v) is 0.630. The van der Waals surface area contributed by atoms with Crippen LogP contribution < -0.4 is 0 Å². The number of hydrogen-bond donors (Lipinski definition) is 0. The molecule has 1 radical (unpaired) electrons. The van der Waals surface area contributed by atoms with Gasteiger partial charge in [-0.25, -0.2) is 8.78 Å². The molecule has 0 unspecified atom stereocenters. The topological polar surface area (TPSA) is 0 Å². The van der Waals surface area contributed by atoms with Gasteiger partial charge in [-0.15, -0.1) is 0 Å². The minimum absolute atomic E-state index is 0.479. The molecule has 0 aliphatic rings. The molecule has 0 nitrogen and oxygen atoms in total. The summed E-state index contributed by atoms with van der Waals surface area (Å²) in [5, 5.41) is 0. The van der Waals surface area contributed by atoms with Gasteiger partial charge < -0.3 is 0 Å². The summed E-state index contributed by atoms with van der Waals surface area (Å²) in [5.74, 6) is -1.20. The Morgan fingerprint density at radius 2 is 2.00 bits per heavy atom. The van der Waals surface area contributed by atoms with Gasteiger partial charge in [0.1, 0.15) is 11.6 Å². The molecule has 0 saturated carbocycles. The van der Waals surface area contributed by atoms with Crippen LogP contribution in [0.25, 0.3) is 0 Å². The van der Waals surface area contributed by atoms with Crippen molar-refractivity contribution in [2.75, 3.05) is 0 Å². The van der Waals surface area contributed by atoms with Crippen LogP contribution in [0.15, 0.2) is 12.1 Å². The lowest BCUT2D eigenvalue weighted by atomic mass is 10.2. The first-order chi connectivity index (χ1) is 4.18. The monoisotopic (exact) mass is 127 g/mol. The zero-order valence-corrected chi connectivity index (χ0v) is 4.91. The highest BCUT2D eigenvalue weighted by molar-refractivity contribution is 5.13. The molecule has 0 bridgehead atoms. The minimum atomic E-state index is -0.646. The second-order valence-corrected chi connectivity index (χ2v) is 1.83. The first kappa shape index (κ1) is 6.20. The molecule has 0 aliphatic carbocycles. The van der Waals surface area contributed by atoms with Crippen molar-refractivity contribution in [1.82, 2.24) is 0 Å². The molecule has 9 heavy (non-hydrogen) atoms. The third-order valence-corrected chi connectivity index (χ3v) is 0.936. The summed E-state index contributed by atoms with van der Waals surface area (Å²) in [6.45, 7) is 1.59. The van der Waals surface area contributed by atoms with Gasteiger partial charge in [0.25, 0.3) is 0 Å². The van der Waals surface area contributed by atoms with E-state index in [2.05, 4.69) is 6.07 Å². The van der Waals surface area contributed by atoms with Crippen molar-refractivity contribution in [2.24, 2.45) is 0 Å². The lowest BCUT2D eigenvalue weighted by Gasteiger charge is -1.90. The van der Waals surface area contributed by atoms with Crippen LogP contribution in [-0.4, -0.2) is 0 Å². The Labute approximate surface area is 52.1 Å². The highest BCUT2D eigenvalue weighted by Gasteiger charge is 1.94. The van der Waals surface area contributed by atoms with Crippen molar-refractivity contribution in [2.45, 2.75) is 6.92 Å². The lowest BCUT2D eigenvalue weighted by Crippen LogP contribution is -1.81. The number of rotatable bonds is 0.